The van der Waals surface area contributed by atoms with Crippen molar-refractivity contribution < 1.29 is 5.11 Å². The predicted octanol–water partition coefficient (Wildman–Crippen LogP) is 1.45. The molecule has 2 aliphatic carbocycles. The Labute approximate surface area is 107 Å². The standard InChI is InChI=1S/C13H20N4O/c1-12(2)8-4-5-13(12,3)10-9(8)16-17-11(15-10)14-6-7-18/h8,18H,4-7H2,1-3H3,(H,14,15,17). The first-order chi connectivity index (χ1) is 8.50. The topological polar surface area (TPSA) is 70.9 Å². The molecule has 18 heavy (non-hydrogen) atoms. The van der Waals surface area contributed by atoms with Gasteiger partial charge in [-0.15, -0.1) is 10.2 Å². The van der Waals surface area contributed by atoms with Gasteiger partial charge in [-0.2, -0.15) is 0 Å². The molecule has 98 valence electrons. The summed E-state index contributed by atoms with van der Waals surface area (Å²) < 4.78 is 0. The van der Waals surface area contributed by atoms with Crippen LogP contribution in [0.2, 0.25) is 0 Å². The first-order valence-corrected chi connectivity index (χ1v) is 6.60. The minimum Gasteiger partial charge on any atom is -0.395 e. The Morgan fingerprint density at radius 3 is 2.83 bits per heavy atom. The summed E-state index contributed by atoms with van der Waals surface area (Å²) in [6.45, 7) is 7.46. The van der Waals surface area contributed by atoms with Crippen LogP contribution < -0.4 is 5.32 Å². The van der Waals surface area contributed by atoms with Crippen molar-refractivity contribution in [2.75, 3.05) is 18.5 Å². The lowest BCUT2D eigenvalue weighted by Crippen LogP contribution is -2.32. The van der Waals surface area contributed by atoms with Crippen LogP contribution in [0.5, 0.6) is 0 Å². The molecule has 0 radical (unpaired) electrons. The van der Waals surface area contributed by atoms with E-state index in [1.807, 2.05) is 0 Å². The van der Waals surface area contributed by atoms with Crippen LogP contribution in [0.15, 0.2) is 0 Å². The molecule has 0 aromatic carbocycles. The van der Waals surface area contributed by atoms with Crippen LogP contribution in [-0.2, 0) is 5.41 Å². The van der Waals surface area contributed by atoms with Crippen LogP contribution in [0.25, 0.3) is 0 Å². The fraction of sp³-hybridized carbons (Fsp3) is 0.769. The number of aliphatic hydroxyl groups excluding tert-OH is 1. The van der Waals surface area contributed by atoms with Crippen molar-refractivity contribution in [2.45, 2.75) is 44.9 Å². The molecule has 0 spiro atoms. The first-order valence-electron chi connectivity index (χ1n) is 6.60. The van der Waals surface area contributed by atoms with Crippen LogP contribution in [0.1, 0.15) is 50.9 Å². The molecule has 0 aliphatic heterocycles. The largest absolute Gasteiger partial charge is 0.395 e. The Hall–Kier alpha value is -1.23. The highest BCUT2D eigenvalue weighted by atomic mass is 16.3. The molecule has 2 N–H and O–H groups in total. The lowest BCUT2D eigenvalue weighted by molar-refractivity contribution is 0.227. The van der Waals surface area contributed by atoms with Gasteiger partial charge in [-0.05, 0) is 18.3 Å². The predicted molar refractivity (Wildman–Crippen MR) is 68.5 cm³/mol. The van der Waals surface area contributed by atoms with Crippen LogP contribution in [0.3, 0.4) is 0 Å². The van der Waals surface area contributed by atoms with E-state index in [2.05, 4.69) is 41.3 Å². The number of rotatable bonds is 3. The molecule has 1 fully saturated rings. The van der Waals surface area contributed by atoms with E-state index in [1.54, 1.807) is 0 Å². The fourth-order valence-electron chi connectivity index (χ4n) is 3.62. The molecule has 5 nitrogen and oxygen atoms in total. The Morgan fingerprint density at radius 2 is 2.11 bits per heavy atom. The summed E-state index contributed by atoms with van der Waals surface area (Å²) >= 11 is 0. The molecule has 2 atom stereocenters. The second-order valence-corrected chi connectivity index (χ2v) is 6.16. The lowest BCUT2D eigenvalue weighted by atomic mass is 9.70. The molecular weight excluding hydrogens is 228 g/mol. The van der Waals surface area contributed by atoms with Gasteiger partial charge in [0.15, 0.2) is 0 Å². The van der Waals surface area contributed by atoms with Crippen molar-refractivity contribution in [1.82, 2.24) is 15.2 Å². The number of hydrogen-bond donors (Lipinski definition) is 2. The zero-order chi connectivity index (χ0) is 13.0. The molecule has 2 aliphatic rings. The summed E-state index contributed by atoms with van der Waals surface area (Å²) in [5.74, 6) is 1.02. The van der Waals surface area contributed by atoms with Crippen molar-refractivity contribution in [3.8, 4) is 0 Å². The highest BCUT2D eigenvalue weighted by molar-refractivity contribution is 5.43. The van der Waals surface area contributed by atoms with Crippen molar-refractivity contribution in [1.29, 1.82) is 0 Å². The zero-order valence-electron chi connectivity index (χ0n) is 11.2. The maximum atomic E-state index is 8.82. The quantitative estimate of drug-likeness (QED) is 0.847. The van der Waals surface area contributed by atoms with Crippen molar-refractivity contribution in [2.24, 2.45) is 5.41 Å². The van der Waals surface area contributed by atoms with Gasteiger partial charge in [0, 0.05) is 17.9 Å². The van der Waals surface area contributed by atoms with Crippen LogP contribution in [-0.4, -0.2) is 33.4 Å². The molecule has 1 aromatic heterocycles. The fourth-order valence-corrected chi connectivity index (χ4v) is 3.62. The Balaban J connectivity index is 2.02. The third kappa shape index (κ3) is 1.28. The van der Waals surface area contributed by atoms with Gasteiger partial charge in [0.25, 0.3) is 0 Å². The number of anilines is 1. The van der Waals surface area contributed by atoms with Crippen molar-refractivity contribution in [3.05, 3.63) is 11.4 Å². The Kier molecular flexibility index (Phi) is 2.39. The van der Waals surface area contributed by atoms with Gasteiger partial charge >= 0.3 is 0 Å². The van der Waals surface area contributed by atoms with Crippen molar-refractivity contribution in [3.63, 3.8) is 0 Å². The van der Waals surface area contributed by atoms with E-state index in [4.69, 9.17) is 5.11 Å². The van der Waals surface area contributed by atoms with E-state index in [-0.39, 0.29) is 17.4 Å². The number of nitrogens with zero attached hydrogens (tertiary/aromatic N) is 3. The average Bonchev–Trinajstić information content (AvgIpc) is 2.67. The van der Waals surface area contributed by atoms with E-state index in [0.717, 1.165) is 11.4 Å². The molecule has 3 rings (SSSR count). The van der Waals surface area contributed by atoms with Gasteiger partial charge < -0.3 is 10.4 Å². The molecule has 5 heteroatoms. The minimum absolute atomic E-state index is 0.0752. The molecule has 2 unspecified atom stereocenters. The smallest absolute Gasteiger partial charge is 0.243 e. The molecule has 0 saturated heterocycles. The van der Waals surface area contributed by atoms with Crippen molar-refractivity contribution >= 4 is 5.95 Å². The molecule has 1 aromatic rings. The van der Waals surface area contributed by atoms with E-state index < -0.39 is 0 Å². The van der Waals surface area contributed by atoms with Gasteiger partial charge in [0.2, 0.25) is 5.95 Å². The lowest BCUT2D eigenvalue weighted by Gasteiger charge is -2.33. The summed E-state index contributed by atoms with van der Waals surface area (Å²) in [6.07, 6.45) is 2.37. The second kappa shape index (κ2) is 3.63. The molecule has 1 saturated carbocycles. The highest BCUT2D eigenvalue weighted by Gasteiger charge is 2.61. The van der Waals surface area contributed by atoms with Crippen LogP contribution in [0.4, 0.5) is 5.95 Å². The maximum Gasteiger partial charge on any atom is 0.243 e. The summed E-state index contributed by atoms with van der Waals surface area (Å²) in [5.41, 5.74) is 2.52. The van der Waals surface area contributed by atoms with E-state index >= 15 is 0 Å². The first kappa shape index (κ1) is 11.8. The molecule has 1 heterocycles. The number of hydrogen-bond acceptors (Lipinski definition) is 5. The Bertz CT molecular complexity index is 488. The van der Waals surface area contributed by atoms with E-state index in [0.29, 0.717) is 18.4 Å². The summed E-state index contributed by atoms with van der Waals surface area (Å²) in [4.78, 5) is 4.65. The Morgan fingerprint density at radius 1 is 1.33 bits per heavy atom. The van der Waals surface area contributed by atoms with Gasteiger partial charge in [-0.3, -0.25) is 0 Å². The number of aromatic nitrogens is 3. The molecular formula is C13H20N4O. The summed E-state index contributed by atoms with van der Waals surface area (Å²) in [5, 5.41) is 20.3. The number of aliphatic hydroxyl groups is 1. The third-order valence-electron chi connectivity index (χ3n) is 5.19. The van der Waals surface area contributed by atoms with Gasteiger partial charge in [0.05, 0.1) is 18.0 Å². The van der Waals surface area contributed by atoms with Gasteiger partial charge in [0.1, 0.15) is 0 Å². The SMILES string of the molecule is CC12CCC(c3nnc(NCCO)nc31)C2(C)C. The minimum atomic E-state index is 0.0752. The summed E-state index contributed by atoms with van der Waals surface area (Å²) in [6, 6.07) is 0. The maximum absolute atomic E-state index is 8.82. The highest BCUT2D eigenvalue weighted by Crippen LogP contribution is 2.66. The average molecular weight is 248 g/mol. The number of nitrogens with one attached hydrogen (secondary N) is 1. The van der Waals surface area contributed by atoms with E-state index in [1.165, 1.54) is 12.8 Å². The zero-order valence-corrected chi connectivity index (χ0v) is 11.2. The third-order valence-corrected chi connectivity index (χ3v) is 5.19. The van der Waals surface area contributed by atoms with Crippen LogP contribution >= 0.6 is 0 Å². The van der Waals surface area contributed by atoms with Gasteiger partial charge in [-0.1, -0.05) is 20.8 Å². The van der Waals surface area contributed by atoms with Gasteiger partial charge in [-0.25, -0.2) is 4.98 Å². The van der Waals surface area contributed by atoms with Crippen LogP contribution in [0, 0.1) is 5.41 Å². The molecule has 0 amide bonds. The van der Waals surface area contributed by atoms with E-state index in [9.17, 15) is 0 Å². The summed E-state index contributed by atoms with van der Waals surface area (Å²) in [7, 11) is 0. The molecule has 2 bridgehead atoms. The normalized spacial score (nSPS) is 31.4. The number of fused-ring (bicyclic) bond motifs is 5. The monoisotopic (exact) mass is 248 g/mol. The second-order valence-electron chi connectivity index (χ2n) is 6.16.